The quantitative estimate of drug-likeness (QED) is 0.345. The van der Waals surface area contributed by atoms with Gasteiger partial charge in [-0.2, -0.15) is 0 Å². The Morgan fingerprint density at radius 3 is 2.35 bits per heavy atom. The van der Waals surface area contributed by atoms with E-state index >= 15 is 0 Å². The summed E-state index contributed by atoms with van der Waals surface area (Å²) in [5.41, 5.74) is 1.56. The predicted octanol–water partition coefficient (Wildman–Crippen LogP) is 5.15. The fraction of sp³-hybridized carbons (Fsp3) is 0.0435. The molecule has 1 aromatic heterocycles. The van der Waals surface area contributed by atoms with E-state index in [9.17, 15) is 19.7 Å². The summed E-state index contributed by atoms with van der Waals surface area (Å²) in [7, 11) is 0. The Labute approximate surface area is 176 Å². The van der Waals surface area contributed by atoms with Gasteiger partial charge in [0.15, 0.2) is 0 Å². The predicted molar refractivity (Wildman–Crippen MR) is 116 cm³/mol. The second-order valence-corrected chi connectivity index (χ2v) is 6.83. The van der Waals surface area contributed by atoms with Crippen LogP contribution < -0.4 is 10.6 Å². The number of nitrogens with zero attached hydrogens (tertiary/aromatic N) is 1. The van der Waals surface area contributed by atoms with Crippen molar-refractivity contribution in [2.45, 2.75) is 6.92 Å². The van der Waals surface area contributed by atoms with E-state index in [1.54, 1.807) is 55.5 Å². The van der Waals surface area contributed by atoms with E-state index in [1.165, 1.54) is 18.2 Å². The molecule has 0 atom stereocenters. The van der Waals surface area contributed by atoms with Crippen LogP contribution in [-0.4, -0.2) is 16.7 Å². The number of hydrogen-bond acceptors (Lipinski definition) is 5. The molecule has 0 aliphatic carbocycles. The third kappa shape index (κ3) is 3.99. The molecule has 154 valence electrons. The van der Waals surface area contributed by atoms with Gasteiger partial charge >= 0.3 is 0 Å². The number of carbonyl (C=O) groups is 2. The van der Waals surface area contributed by atoms with Gasteiger partial charge in [0.2, 0.25) is 5.76 Å². The van der Waals surface area contributed by atoms with Gasteiger partial charge in [-0.3, -0.25) is 19.7 Å². The highest BCUT2D eigenvalue weighted by atomic mass is 16.6. The van der Waals surface area contributed by atoms with Crippen molar-refractivity contribution in [3.8, 4) is 0 Å². The van der Waals surface area contributed by atoms with Crippen LogP contribution in [0.4, 0.5) is 17.1 Å². The average molecular weight is 415 g/mol. The van der Waals surface area contributed by atoms with Crippen molar-refractivity contribution in [2.75, 3.05) is 10.6 Å². The number of carbonyl (C=O) groups excluding carboxylic acids is 2. The van der Waals surface area contributed by atoms with E-state index in [2.05, 4.69) is 10.6 Å². The second kappa shape index (κ2) is 8.11. The van der Waals surface area contributed by atoms with Gasteiger partial charge in [0.05, 0.1) is 4.92 Å². The zero-order valence-electron chi connectivity index (χ0n) is 16.4. The molecule has 31 heavy (non-hydrogen) atoms. The van der Waals surface area contributed by atoms with Crippen LogP contribution in [0.25, 0.3) is 11.0 Å². The van der Waals surface area contributed by atoms with Crippen molar-refractivity contribution < 1.29 is 18.9 Å². The van der Waals surface area contributed by atoms with E-state index in [-0.39, 0.29) is 22.7 Å². The Kier molecular flexibility index (Phi) is 5.19. The van der Waals surface area contributed by atoms with Crippen LogP contribution in [-0.2, 0) is 0 Å². The molecule has 0 saturated heterocycles. The standard InChI is InChI=1S/C23H17N3O5/c1-14-11-12-15(13-18(14)26(29)30)22(27)25-20-17-9-5-6-10-19(17)31-21(20)23(28)24-16-7-3-2-4-8-16/h2-13H,1H3,(H,24,28)(H,25,27). The van der Waals surface area contributed by atoms with Gasteiger partial charge in [-0.15, -0.1) is 0 Å². The van der Waals surface area contributed by atoms with Gasteiger partial charge in [0.25, 0.3) is 17.5 Å². The average Bonchev–Trinajstić information content (AvgIpc) is 3.13. The van der Waals surface area contributed by atoms with Crippen LogP contribution in [0.15, 0.2) is 77.2 Å². The molecule has 0 unspecified atom stereocenters. The van der Waals surface area contributed by atoms with Gasteiger partial charge in [0.1, 0.15) is 11.3 Å². The Bertz CT molecular complexity index is 1310. The molecular formula is C23H17N3O5. The summed E-state index contributed by atoms with van der Waals surface area (Å²) in [6, 6.07) is 19.9. The van der Waals surface area contributed by atoms with Crippen molar-refractivity contribution in [3.05, 3.63) is 99.8 Å². The third-order valence-corrected chi connectivity index (χ3v) is 4.74. The van der Waals surface area contributed by atoms with Crippen LogP contribution >= 0.6 is 0 Å². The summed E-state index contributed by atoms with van der Waals surface area (Å²) in [6.07, 6.45) is 0. The molecule has 4 aromatic rings. The van der Waals surface area contributed by atoms with Crippen molar-refractivity contribution in [1.29, 1.82) is 0 Å². The zero-order valence-corrected chi connectivity index (χ0v) is 16.4. The lowest BCUT2D eigenvalue weighted by Crippen LogP contribution is -2.17. The first-order valence-electron chi connectivity index (χ1n) is 9.38. The highest BCUT2D eigenvalue weighted by Crippen LogP contribution is 2.32. The third-order valence-electron chi connectivity index (χ3n) is 4.74. The Morgan fingerprint density at radius 1 is 0.903 bits per heavy atom. The summed E-state index contributed by atoms with van der Waals surface area (Å²) >= 11 is 0. The minimum Gasteiger partial charge on any atom is -0.449 e. The minimum absolute atomic E-state index is 0.0694. The minimum atomic E-state index is -0.594. The van der Waals surface area contributed by atoms with Crippen LogP contribution in [0.1, 0.15) is 26.5 Å². The molecule has 8 heteroatoms. The van der Waals surface area contributed by atoms with Crippen LogP contribution in [0.3, 0.4) is 0 Å². The first kappa shape index (κ1) is 19.8. The molecule has 4 rings (SSSR count). The number of amides is 2. The maximum absolute atomic E-state index is 12.9. The van der Waals surface area contributed by atoms with Crippen LogP contribution in [0.2, 0.25) is 0 Å². The monoisotopic (exact) mass is 415 g/mol. The number of nitro groups is 1. The maximum atomic E-state index is 12.9. The number of anilines is 2. The summed E-state index contributed by atoms with van der Waals surface area (Å²) in [5, 5.41) is 17.2. The van der Waals surface area contributed by atoms with Crippen molar-refractivity contribution >= 4 is 39.8 Å². The normalized spacial score (nSPS) is 10.6. The number of nitro benzene ring substituents is 1. The van der Waals surface area contributed by atoms with Crippen molar-refractivity contribution in [1.82, 2.24) is 0 Å². The number of aryl methyl sites for hydroxylation is 1. The number of para-hydroxylation sites is 2. The maximum Gasteiger partial charge on any atom is 0.293 e. The molecule has 2 amide bonds. The Hall–Kier alpha value is -4.46. The lowest BCUT2D eigenvalue weighted by Gasteiger charge is -2.08. The first-order valence-corrected chi connectivity index (χ1v) is 9.38. The van der Waals surface area contributed by atoms with Crippen LogP contribution in [0.5, 0.6) is 0 Å². The molecule has 3 aromatic carbocycles. The summed E-state index contributed by atoms with van der Waals surface area (Å²) in [5.74, 6) is -1.20. The van der Waals surface area contributed by atoms with Crippen LogP contribution in [0, 0.1) is 17.0 Å². The lowest BCUT2D eigenvalue weighted by atomic mass is 10.1. The fourth-order valence-electron chi connectivity index (χ4n) is 3.17. The molecule has 8 nitrogen and oxygen atoms in total. The molecule has 0 radical (unpaired) electrons. The zero-order chi connectivity index (χ0) is 22.0. The van der Waals surface area contributed by atoms with Crippen molar-refractivity contribution in [3.63, 3.8) is 0 Å². The van der Waals surface area contributed by atoms with Gasteiger partial charge in [-0.05, 0) is 37.3 Å². The van der Waals surface area contributed by atoms with E-state index in [4.69, 9.17) is 4.42 Å². The molecule has 0 saturated carbocycles. The topological polar surface area (TPSA) is 114 Å². The number of hydrogen-bond donors (Lipinski definition) is 2. The summed E-state index contributed by atoms with van der Waals surface area (Å²) in [6.45, 7) is 1.59. The molecule has 0 fully saturated rings. The van der Waals surface area contributed by atoms with E-state index in [1.807, 2.05) is 6.07 Å². The summed E-state index contributed by atoms with van der Waals surface area (Å²) < 4.78 is 5.72. The van der Waals surface area contributed by atoms with E-state index in [0.717, 1.165) is 0 Å². The van der Waals surface area contributed by atoms with E-state index < -0.39 is 16.7 Å². The molecule has 0 spiro atoms. The lowest BCUT2D eigenvalue weighted by molar-refractivity contribution is -0.385. The fourth-order valence-corrected chi connectivity index (χ4v) is 3.17. The van der Waals surface area contributed by atoms with Crippen molar-refractivity contribution in [2.24, 2.45) is 0 Å². The number of benzene rings is 3. The highest BCUT2D eigenvalue weighted by molar-refractivity contribution is 6.17. The largest absolute Gasteiger partial charge is 0.449 e. The second-order valence-electron chi connectivity index (χ2n) is 6.83. The molecule has 1 heterocycles. The Balaban J connectivity index is 1.71. The van der Waals surface area contributed by atoms with Gasteiger partial charge < -0.3 is 15.1 Å². The highest BCUT2D eigenvalue weighted by Gasteiger charge is 2.24. The molecular weight excluding hydrogens is 398 g/mol. The number of fused-ring (bicyclic) bond motifs is 1. The van der Waals surface area contributed by atoms with E-state index in [0.29, 0.717) is 22.2 Å². The van der Waals surface area contributed by atoms with Gasteiger partial charge in [-0.25, -0.2) is 0 Å². The number of rotatable bonds is 5. The molecule has 0 bridgehead atoms. The molecule has 0 aliphatic rings. The Morgan fingerprint density at radius 2 is 1.61 bits per heavy atom. The summed E-state index contributed by atoms with van der Waals surface area (Å²) in [4.78, 5) is 36.4. The first-order chi connectivity index (χ1) is 14.9. The van der Waals surface area contributed by atoms with Gasteiger partial charge in [0, 0.05) is 28.3 Å². The molecule has 2 N–H and O–H groups in total. The SMILES string of the molecule is Cc1ccc(C(=O)Nc2c(C(=O)Nc3ccccc3)oc3ccccc23)cc1[N+](=O)[O-]. The van der Waals surface area contributed by atoms with Gasteiger partial charge in [-0.1, -0.05) is 36.4 Å². The number of furan rings is 1. The smallest absolute Gasteiger partial charge is 0.293 e. The number of nitrogens with one attached hydrogen (secondary N) is 2. The molecule has 0 aliphatic heterocycles.